The number of nitrogens with two attached hydrogens (primary N) is 1. The van der Waals surface area contributed by atoms with Crippen molar-refractivity contribution in [3.8, 4) is 11.5 Å². The van der Waals surface area contributed by atoms with Crippen LogP contribution in [0.3, 0.4) is 0 Å². The number of ether oxygens (including phenoxy) is 2. The third kappa shape index (κ3) is 3.22. The first kappa shape index (κ1) is 14.6. The fourth-order valence-electron chi connectivity index (χ4n) is 2.64. The summed E-state index contributed by atoms with van der Waals surface area (Å²) < 4.78 is 11.7. The maximum Gasteiger partial charge on any atom is 0.133 e. The van der Waals surface area contributed by atoms with Gasteiger partial charge in [0.2, 0.25) is 0 Å². The lowest BCUT2D eigenvalue weighted by Crippen LogP contribution is -2.34. The zero-order valence-electron chi connectivity index (χ0n) is 11.5. The second-order valence-corrected chi connectivity index (χ2v) is 5.66. The molecule has 1 fully saturated rings. The fourth-order valence-corrected chi connectivity index (χ4v) is 3.12. The van der Waals surface area contributed by atoms with Crippen LogP contribution in [0.15, 0.2) is 16.6 Å². The van der Waals surface area contributed by atoms with Crippen molar-refractivity contribution in [2.45, 2.75) is 25.4 Å². The monoisotopic (exact) mass is 328 g/mol. The number of benzene rings is 1. The van der Waals surface area contributed by atoms with Crippen molar-refractivity contribution < 1.29 is 9.47 Å². The molecule has 0 aromatic heterocycles. The molecule has 1 saturated heterocycles. The molecule has 1 unspecified atom stereocenters. The molecule has 0 radical (unpaired) electrons. The molecule has 2 N–H and O–H groups in total. The van der Waals surface area contributed by atoms with Crippen molar-refractivity contribution in [1.82, 2.24) is 4.90 Å². The predicted octanol–water partition coefficient (Wildman–Crippen LogP) is 2.39. The molecule has 1 aromatic rings. The van der Waals surface area contributed by atoms with Crippen molar-refractivity contribution in [3.63, 3.8) is 0 Å². The maximum atomic E-state index is 5.82. The number of hydrogen-bond donors (Lipinski definition) is 1. The predicted molar refractivity (Wildman–Crippen MR) is 79.7 cm³/mol. The van der Waals surface area contributed by atoms with Crippen molar-refractivity contribution in [1.29, 1.82) is 0 Å². The zero-order valence-corrected chi connectivity index (χ0v) is 13.1. The van der Waals surface area contributed by atoms with Gasteiger partial charge in [-0.15, -0.1) is 0 Å². The summed E-state index contributed by atoms with van der Waals surface area (Å²) in [6.07, 6.45) is 2.41. The van der Waals surface area contributed by atoms with Crippen molar-refractivity contribution >= 4 is 15.9 Å². The molecule has 1 aromatic carbocycles. The second kappa shape index (κ2) is 6.59. The maximum absolute atomic E-state index is 5.82. The Morgan fingerprint density at radius 2 is 2.05 bits per heavy atom. The standard InChI is InChI=1S/C14H21BrN2O2/c1-18-13-7-12(15)14(19-2)6-10(13)9-17-5-3-4-11(17)8-16/h6-7,11H,3-5,8-9,16H2,1-2H3. The first-order valence-corrected chi connectivity index (χ1v) is 7.33. The topological polar surface area (TPSA) is 47.7 Å². The van der Waals surface area contributed by atoms with Crippen LogP contribution in [0, 0.1) is 0 Å². The molecule has 0 spiro atoms. The summed E-state index contributed by atoms with van der Waals surface area (Å²) in [6, 6.07) is 4.48. The number of nitrogens with zero attached hydrogens (tertiary/aromatic N) is 1. The highest BCUT2D eigenvalue weighted by Crippen LogP contribution is 2.34. The Labute approximate surface area is 123 Å². The van der Waals surface area contributed by atoms with Crippen LogP contribution in [0.4, 0.5) is 0 Å². The lowest BCUT2D eigenvalue weighted by atomic mass is 10.1. The lowest BCUT2D eigenvalue weighted by molar-refractivity contribution is 0.246. The summed E-state index contributed by atoms with van der Waals surface area (Å²) in [6.45, 7) is 2.67. The highest BCUT2D eigenvalue weighted by molar-refractivity contribution is 9.10. The van der Waals surface area contributed by atoms with Gasteiger partial charge in [0.15, 0.2) is 0 Å². The highest BCUT2D eigenvalue weighted by atomic mass is 79.9. The van der Waals surface area contributed by atoms with Gasteiger partial charge in [0.25, 0.3) is 0 Å². The first-order valence-electron chi connectivity index (χ1n) is 6.54. The number of methoxy groups -OCH3 is 2. The summed E-state index contributed by atoms with van der Waals surface area (Å²) >= 11 is 3.48. The summed E-state index contributed by atoms with van der Waals surface area (Å²) in [5.74, 6) is 1.72. The van der Waals surface area contributed by atoms with Gasteiger partial charge in [0, 0.05) is 24.7 Å². The molecule has 0 amide bonds. The normalized spacial score (nSPS) is 19.7. The molecule has 1 aliphatic rings. The molecule has 106 valence electrons. The van der Waals surface area contributed by atoms with E-state index in [0.717, 1.165) is 41.2 Å². The minimum Gasteiger partial charge on any atom is -0.496 e. The highest BCUT2D eigenvalue weighted by Gasteiger charge is 2.24. The molecule has 1 aliphatic heterocycles. The van der Waals surface area contributed by atoms with Crippen LogP contribution in [0.5, 0.6) is 11.5 Å². The van der Waals surface area contributed by atoms with E-state index in [4.69, 9.17) is 15.2 Å². The molecule has 1 atom stereocenters. The van der Waals surface area contributed by atoms with E-state index < -0.39 is 0 Å². The smallest absolute Gasteiger partial charge is 0.133 e. The van der Waals surface area contributed by atoms with Gasteiger partial charge < -0.3 is 15.2 Å². The Bertz CT molecular complexity index is 440. The molecule has 5 heteroatoms. The van der Waals surface area contributed by atoms with Crippen LogP contribution >= 0.6 is 15.9 Å². The largest absolute Gasteiger partial charge is 0.496 e. The molecule has 19 heavy (non-hydrogen) atoms. The first-order chi connectivity index (χ1) is 9.19. The van der Waals surface area contributed by atoms with Crippen molar-refractivity contribution in [2.75, 3.05) is 27.3 Å². The minimum absolute atomic E-state index is 0.486. The quantitative estimate of drug-likeness (QED) is 0.901. The van der Waals surface area contributed by atoms with Gasteiger partial charge in [0.05, 0.1) is 18.7 Å². The van der Waals surface area contributed by atoms with E-state index in [1.165, 1.54) is 12.8 Å². The van der Waals surface area contributed by atoms with Gasteiger partial charge in [-0.3, -0.25) is 4.90 Å². The lowest BCUT2D eigenvalue weighted by Gasteiger charge is -2.24. The van der Waals surface area contributed by atoms with Gasteiger partial charge in [-0.05, 0) is 47.4 Å². The van der Waals surface area contributed by atoms with Crippen molar-refractivity contribution in [3.05, 3.63) is 22.2 Å². The summed E-state index contributed by atoms with van der Waals surface area (Å²) in [5.41, 5.74) is 6.97. The molecule has 2 rings (SSSR count). The zero-order chi connectivity index (χ0) is 13.8. The molecule has 0 bridgehead atoms. The number of hydrogen-bond acceptors (Lipinski definition) is 4. The molecular formula is C14H21BrN2O2. The third-order valence-electron chi connectivity index (χ3n) is 3.70. The van der Waals surface area contributed by atoms with E-state index in [1.54, 1.807) is 14.2 Å². The van der Waals surface area contributed by atoms with Crippen LogP contribution in [-0.2, 0) is 6.54 Å². The minimum atomic E-state index is 0.486. The Kier molecular flexibility index (Phi) is 5.07. The van der Waals surface area contributed by atoms with Crippen LogP contribution in [-0.4, -0.2) is 38.3 Å². The number of likely N-dealkylation sites (tertiary alicyclic amines) is 1. The average molecular weight is 329 g/mol. The number of halogens is 1. The average Bonchev–Trinajstić information content (AvgIpc) is 2.87. The van der Waals surface area contributed by atoms with E-state index in [-0.39, 0.29) is 0 Å². The van der Waals surface area contributed by atoms with Crippen LogP contribution in [0.2, 0.25) is 0 Å². The summed E-state index contributed by atoms with van der Waals surface area (Å²) in [7, 11) is 3.37. The van der Waals surface area contributed by atoms with Crippen LogP contribution in [0.1, 0.15) is 18.4 Å². The van der Waals surface area contributed by atoms with E-state index in [9.17, 15) is 0 Å². The van der Waals surface area contributed by atoms with Crippen molar-refractivity contribution in [2.24, 2.45) is 5.73 Å². The summed E-state index contributed by atoms with van der Waals surface area (Å²) in [5, 5.41) is 0. The van der Waals surface area contributed by atoms with Gasteiger partial charge in [-0.1, -0.05) is 0 Å². The Morgan fingerprint density at radius 3 is 2.68 bits per heavy atom. The van der Waals surface area contributed by atoms with E-state index in [0.29, 0.717) is 6.04 Å². The fraction of sp³-hybridized carbons (Fsp3) is 0.571. The Balaban J connectivity index is 2.23. The van der Waals surface area contributed by atoms with Crippen LogP contribution < -0.4 is 15.2 Å². The van der Waals surface area contributed by atoms with E-state index in [1.807, 2.05) is 12.1 Å². The van der Waals surface area contributed by atoms with E-state index in [2.05, 4.69) is 20.8 Å². The van der Waals surface area contributed by atoms with Gasteiger partial charge in [0.1, 0.15) is 11.5 Å². The molecule has 4 nitrogen and oxygen atoms in total. The molecular weight excluding hydrogens is 308 g/mol. The molecule has 1 heterocycles. The van der Waals surface area contributed by atoms with Gasteiger partial charge in [-0.25, -0.2) is 0 Å². The summed E-state index contributed by atoms with van der Waals surface area (Å²) in [4.78, 5) is 2.42. The second-order valence-electron chi connectivity index (χ2n) is 4.80. The SMILES string of the molecule is COc1cc(CN2CCCC2CN)c(OC)cc1Br. The van der Waals surface area contributed by atoms with E-state index >= 15 is 0 Å². The number of rotatable bonds is 5. The van der Waals surface area contributed by atoms with Gasteiger partial charge in [-0.2, -0.15) is 0 Å². The Hall–Kier alpha value is -0.780. The van der Waals surface area contributed by atoms with Gasteiger partial charge >= 0.3 is 0 Å². The molecule has 0 aliphatic carbocycles. The molecule has 0 saturated carbocycles. The third-order valence-corrected chi connectivity index (χ3v) is 4.32. The Morgan fingerprint density at radius 1 is 1.32 bits per heavy atom. The van der Waals surface area contributed by atoms with Crippen LogP contribution in [0.25, 0.3) is 0 Å².